The van der Waals surface area contributed by atoms with Crippen molar-refractivity contribution in [3.8, 4) is 17.2 Å². The average molecular weight is 470 g/mol. The fourth-order valence-electron chi connectivity index (χ4n) is 3.81. The quantitative estimate of drug-likeness (QED) is 0.510. The summed E-state index contributed by atoms with van der Waals surface area (Å²) in [5, 5.41) is 2.73. The predicted octanol–water partition coefficient (Wildman–Crippen LogP) is 2.96. The molecule has 0 aromatic heterocycles. The first kappa shape index (κ1) is 25.4. The number of hydrogen-bond donors (Lipinski definition) is 1. The lowest BCUT2D eigenvalue weighted by molar-refractivity contribution is -0.131. The number of hydrogen-bond acceptors (Lipinski definition) is 6. The third-order valence-corrected chi connectivity index (χ3v) is 5.89. The van der Waals surface area contributed by atoms with Crippen molar-refractivity contribution in [2.45, 2.75) is 26.3 Å². The summed E-state index contributed by atoms with van der Waals surface area (Å²) in [6.07, 6.45) is 2.06. The summed E-state index contributed by atoms with van der Waals surface area (Å²) in [6.45, 7) is 6.21. The Hall–Kier alpha value is -3.26. The maximum absolute atomic E-state index is 12.6. The van der Waals surface area contributed by atoms with E-state index in [1.807, 2.05) is 18.2 Å². The molecule has 8 nitrogen and oxygen atoms in total. The van der Waals surface area contributed by atoms with Crippen LogP contribution in [0.4, 0.5) is 0 Å². The minimum atomic E-state index is -0.266. The van der Waals surface area contributed by atoms with Gasteiger partial charge in [-0.05, 0) is 48.9 Å². The number of benzene rings is 2. The number of amides is 2. The lowest BCUT2D eigenvalue weighted by Gasteiger charge is -2.35. The normalized spacial score (nSPS) is 13.9. The van der Waals surface area contributed by atoms with Crippen LogP contribution < -0.4 is 19.5 Å². The Labute approximate surface area is 201 Å². The van der Waals surface area contributed by atoms with E-state index in [0.717, 1.165) is 55.3 Å². The molecular weight excluding hydrogens is 434 g/mol. The van der Waals surface area contributed by atoms with Crippen molar-refractivity contribution in [1.82, 2.24) is 15.1 Å². The Kier molecular flexibility index (Phi) is 9.58. The van der Waals surface area contributed by atoms with Crippen LogP contribution in [0.15, 0.2) is 42.5 Å². The van der Waals surface area contributed by atoms with Crippen LogP contribution in [0.3, 0.4) is 0 Å². The van der Waals surface area contributed by atoms with Gasteiger partial charge in [0.25, 0.3) is 5.91 Å². The van der Waals surface area contributed by atoms with Gasteiger partial charge in [0.2, 0.25) is 5.91 Å². The van der Waals surface area contributed by atoms with Gasteiger partial charge < -0.3 is 24.4 Å². The Bertz CT molecular complexity index is 940. The number of carbonyl (C=O) groups is 2. The van der Waals surface area contributed by atoms with Gasteiger partial charge in [-0.3, -0.25) is 14.5 Å². The molecule has 1 saturated heterocycles. The van der Waals surface area contributed by atoms with Crippen LogP contribution in [0.2, 0.25) is 0 Å². The third kappa shape index (κ3) is 7.12. The summed E-state index contributed by atoms with van der Waals surface area (Å²) in [6, 6.07) is 12.8. The summed E-state index contributed by atoms with van der Waals surface area (Å²) < 4.78 is 16.4. The molecule has 0 atom stereocenters. The standard InChI is InChI=1S/C26H35N3O5/c1-4-5-16-34-22-8-6-20(7-9-22)26(31)27-18-25(30)29-14-12-28(13-15-29)19-21-17-23(32-2)10-11-24(21)33-3/h6-11,17H,4-5,12-16,18-19H2,1-3H3,(H,27,31). The van der Waals surface area contributed by atoms with Gasteiger partial charge in [-0.15, -0.1) is 0 Å². The number of ether oxygens (including phenoxy) is 3. The second kappa shape index (κ2) is 12.8. The molecule has 1 fully saturated rings. The minimum absolute atomic E-state index is 0.0166. The number of unbranched alkanes of at least 4 members (excludes halogenated alkanes) is 1. The van der Waals surface area contributed by atoms with Gasteiger partial charge in [-0.2, -0.15) is 0 Å². The maximum Gasteiger partial charge on any atom is 0.251 e. The van der Waals surface area contributed by atoms with Gasteiger partial charge in [0.1, 0.15) is 17.2 Å². The lowest BCUT2D eigenvalue weighted by Crippen LogP contribution is -2.50. The zero-order valence-corrected chi connectivity index (χ0v) is 20.3. The molecule has 0 saturated carbocycles. The molecule has 3 rings (SSSR count). The van der Waals surface area contributed by atoms with Crippen molar-refractivity contribution in [1.29, 1.82) is 0 Å². The van der Waals surface area contributed by atoms with Crippen molar-refractivity contribution in [2.75, 3.05) is 53.6 Å². The van der Waals surface area contributed by atoms with Crippen molar-refractivity contribution in [3.05, 3.63) is 53.6 Å². The molecule has 1 N–H and O–H groups in total. The Morgan fingerprint density at radius 2 is 1.65 bits per heavy atom. The average Bonchev–Trinajstić information content (AvgIpc) is 2.88. The second-order valence-corrected chi connectivity index (χ2v) is 8.24. The molecule has 0 spiro atoms. The molecule has 34 heavy (non-hydrogen) atoms. The first-order valence-electron chi connectivity index (χ1n) is 11.8. The summed E-state index contributed by atoms with van der Waals surface area (Å²) in [5.74, 6) is 2.01. The van der Waals surface area contributed by atoms with Crippen LogP contribution in [-0.4, -0.2) is 75.2 Å². The van der Waals surface area contributed by atoms with Crippen LogP contribution in [0.25, 0.3) is 0 Å². The molecule has 0 aliphatic carbocycles. The van der Waals surface area contributed by atoms with Crippen LogP contribution in [0.5, 0.6) is 17.2 Å². The van der Waals surface area contributed by atoms with E-state index >= 15 is 0 Å². The first-order valence-corrected chi connectivity index (χ1v) is 11.8. The van der Waals surface area contributed by atoms with Crippen molar-refractivity contribution in [3.63, 3.8) is 0 Å². The van der Waals surface area contributed by atoms with E-state index in [2.05, 4.69) is 17.1 Å². The molecule has 8 heteroatoms. The number of nitrogens with zero attached hydrogens (tertiary/aromatic N) is 2. The highest BCUT2D eigenvalue weighted by Gasteiger charge is 2.22. The van der Waals surface area contributed by atoms with Gasteiger partial charge in [0, 0.05) is 43.9 Å². The minimum Gasteiger partial charge on any atom is -0.497 e. The largest absolute Gasteiger partial charge is 0.497 e. The van der Waals surface area contributed by atoms with Gasteiger partial charge in [0.05, 0.1) is 27.4 Å². The van der Waals surface area contributed by atoms with Crippen molar-refractivity contribution >= 4 is 11.8 Å². The molecule has 0 radical (unpaired) electrons. The Balaban J connectivity index is 1.43. The molecule has 184 valence electrons. The highest BCUT2D eigenvalue weighted by atomic mass is 16.5. The van der Waals surface area contributed by atoms with Crippen LogP contribution >= 0.6 is 0 Å². The van der Waals surface area contributed by atoms with Crippen LogP contribution in [0.1, 0.15) is 35.7 Å². The van der Waals surface area contributed by atoms with E-state index < -0.39 is 0 Å². The number of piperazine rings is 1. The Morgan fingerprint density at radius 1 is 0.941 bits per heavy atom. The first-order chi connectivity index (χ1) is 16.5. The summed E-state index contributed by atoms with van der Waals surface area (Å²) in [7, 11) is 3.30. The predicted molar refractivity (Wildman–Crippen MR) is 131 cm³/mol. The van der Waals surface area contributed by atoms with Gasteiger partial charge in [0.15, 0.2) is 0 Å². The molecule has 1 heterocycles. The summed E-state index contributed by atoms with van der Waals surface area (Å²) in [4.78, 5) is 29.1. The fraction of sp³-hybridized carbons (Fsp3) is 0.462. The molecule has 1 aliphatic heterocycles. The molecular formula is C26H35N3O5. The Morgan fingerprint density at radius 3 is 2.29 bits per heavy atom. The van der Waals surface area contributed by atoms with Crippen molar-refractivity contribution < 1.29 is 23.8 Å². The maximum atomic E-state index is 12.6. The number of carbonyl (C=O) groups excluding carboxylic acids is 2. The zero-order chi connectivity index (χ0) is 24.3. The van der Waals surface area contributed by atoms with Gasteiger partial charge >= 0.3 is 0 Å². The highest BCUT2D eigenvalue weighted by molar-refractivity contribution is 5.96. The molecule has 0 unspecified atom stereocenters. The SMILES string of the molecule is CCCCOc1ccc(C(=O)NCC(=O)N2CCN(Cc3cc(OC)ccc3OC)CC2)cc1. The third-order valence-electron chi connectivity index (χ3n) is 5.89. The molecule has 2 amide bonds. The summed E-state index contributed by atoms with van der Waals surface area (Å²) in [5.41, 5.74) is 1.56. The molecule has 2 aromatic rings. The number of nitrogens with one attached hydrogen (secondary N) is 1. The topological polar surface area (TPSA) is 80.3 Å². The summed E-state index contributed by atoms with van der Waals surface area (Å²) >= 11 is 0. The van der Waals surface area contributed by atoms with E-state index in [-0.39, 0.29) is 18.4 Å². The highest BCUT2D eigenvalue weighted by Crippen LogP contribution is 2.25. The van der Waals surface area contributed by atoms with E-state index in [9.17, 15) is 9.59 Å². The van der Waals surface area contributed by atoms with E-state index in [1.54, 1.807) is 43.4 Å². The van der Waals surface area contributed by atoms with Crippen LogP contribution in [-0.2, 0) is 11.3 Å². The lowest BCUT2D eigenvalue weighted by atomic mass is 10.1. The van der Waals surface area contributed by atoms with E-state index in [4.69, 9.17) is 14.2 Å². The van der Waals surface area contributed by atoms with Crippen molar-refractivity contribution in [2.24, 2.45) is 0 Å². The fourth-order valence-corrected chi connectivity index (χ4v) is 3.81. The molecule has 1 aliphatic rings. The molecule has 2 aromatic carbocycles. The van der Waals surface area contributed by atoms with E-state index in [0.29, 0.717) is 25.3 Å². The number of methoxy groups -OCH3 is 2. The van der Waals surface area contributed by atoms with E-state index in [1.165, 1.54) is 0 Å². The smallest absolute Gasteiger partial charge is 0.251 e. The number of rotatable bonds is 11. The molecule has 0 bridgehead atoms. The monoisotopic (exact) mass is 469 g/mol. The van der Waals surface area contributed by atoms with Gasteiger partial charge in [-0.1, -0.05) is 13.3 Å². The van der Waals surface area contributed by atoms with Crippen LogP contribution in [0, 0.1) is 0 Å². The van der Waals surface area contributed by atoms with Gasteiger partial charge in [-0.25, -0.2) is 0 Å². The second-order valence-electron chi connectivity index (χ2n) is 8.24. The zero-order valence-electron chi connectivity index (χ0n) is 20.3.